The highest BCUT2D eigenvalue weighted by Gasteiger charge is 2.21. The summed E-state index contributed by atoms with van der Waals surface area (Å²) in [5.74, 6) is -1.71. The lowest BCUT2D eigenvalue weighted by Gasteiger charge is -2.31. The van der Waals surface area contributed by atoms with E-state index in [0.717, 1.165) is 6.42 Å². The fraction of sp³-hybridized carbons (Fsp3) is 0.500. The number of carboxylic acid groups (broad SMARTS) is 1. The van der Waals surface area contributed by atoms with Gasteiger partial charge in [0.15, 0.2) is 5.82 Å². The van der Waals surface area contributed by atoms with Gasteiger partial charge in [-0.1, -0.05) is 6.92 Å². The maximum absolute atomic E-state index is 14.4. The molecular formula is C14H19BrFNO3. The van der Waals surface area contributed by atoms with Crippen molar-refractivity contribution in [2.75, 3.05) is 25.2 Å². The molecule has 0 heterocycles. The van der Waals surface area contributed by atoms with Crippen LogP contribution in [0.1, 0.15) is 30.6 Å². The van der Waals surface area contributed by atoms with Crippen molar-refractivity contribution in [1.29, 1.82) is 0 Å². The normalized spacial score (nSPS) is 12.2. The number of carbonyl (C=O) groups is 1. The third-order valence-electron chi connectivity index (χ3n) is 3.26. The van der Waals surface area contributed by atoms with E-state index in [9.17, 15) is 9.18 Å². The zero-order valence-corrected chi connectivity index (χ0v) is 13.4. The van der Waals surface area contributed by atoms with Crippen LogP contribution in [0.4, 0.5) is 10.1 Å². The smallest absolute Gasteiger partial charge is 0.336 e. The molecule has 0 bridgehead atoms. The van der Waals surface area contributed by atoms with Crippen LogP contribution in [0.5, 0.6) is 0 Å². The van der Waals surface area contributed by atoms with E-state index in [4.69, 9.17) is 9.84 Å². The molecule has 20 heavy (non-hydrogen) atoms. The highest BCUT2D eigenvalue weighted by molar-refractivity contribution is 9.10. The summed E-state index contributed by atoms with van der Waals surface area (Å²) in [6.07, 6.45) is 0.849. The molecule has 1 N–H and O–H groups in total. The molecule has 0 aromatic heterocycles. The Balaban J connectivity index is 3.20. The second kappa shape index (κ2) is 7.59. The monoisotopic (exact) mass is 347 g/mol. The van der Waals surface area contributed by atoms with Gasteiger partial charge in [-0.3, -0.25) is 0 Å². The highest BCUT2D eigenvalue weighted by Crippen LogP contribution is 2.31. The zero-order valence-electron chi connectivity index (χ0n) is 11.8. The van der Waals surface area contributed by atoms with Crippen LogP contribution in [0.25, 0.3) is 0 Å². The van der Waals surface area contributed by atoms with E-state index in [0.29, 0.717) is 18.8 Å². The number of nitrogens with zero attached hydrogens (tertiary/aromatic N) is 1. The summed E-state index contributed by atoms with van der Waals surface area (Å²) in [4.78, 5) is 12.9. The zero-order chi connectivity index (χ0) is 15.3. The second-order valence-electron chi connectivity index (χ2n) is 4.51. The van der Waals surface area contributed by atoms with Crippen LogP contribution in [0.3, 0.4) is 0 Å². The van der Waals surface area contributed by atoms with Crippen molar-refractivity contribution in [2.24, 2.45) is 0 Å². The number of benzene rings is 1. The molecule has 0 saturated heterocycles. The van der Waals surface area contributed by atoms with E-state index in [1.54, 1.807) is 7.11 Å². The molecule has 0 radical (unpaired) electrons. The van der Waals surface area contributed by atoms with Gasteiger partial charge >= 0.3 is 5.97 Å². The molecule has 6 heteroatoms. The van der Waals surface area contributed by atoms with E-state index >= 15 is 0 Å². The molecule has 1 rings (SSSR count). The topological polar surface area (TPSA) is 49.8 Å². The molecule has 4 nitrogen and oxygen atoms in total. The summed E-state index contributed by atoms with van der Waals surface area (Å²) in [5, 5.41) is 8.99. The predicted molar refractivity (Wildman–Crippen MR) is 80.0 cm³/mol. The van der Waals surface area contributed by atoms with E-state index in [1.165, 1.54) is 12.1 Å². The summed E-state index contributed by atoms with van der Waals surface area (Å²) < 4.78 is 19.4. The summed E-state index contributed by atoms with van der Waals surface area (Å²) in [6.45, 7) is 5.03. The highest BCUT2D eigenvalue weighted by atomic mass is 79.9. The Morgan fingerprint density at radius 2 is 2.20 bits per heavy atom. The Hall–Kier alpha value is -1.14. The van der Waals surface area contributed by atoms with Gasteiger partial charge in [0.05, 0.1) is 22.3 Å². The number of carboxylic acids is 1. The van der Waals surface area contributed by atoms with Crippen molar-refractivity contribution in [1.82, 2.24) is 0 Å². The number of aromatic carboxylic acids is 1. The van der Waals surface area contributed by atoms with Crippen LogP contribution in [-0.4, -0.2) is 37.4 Å². The maximum atomic E-state index is 14.4. The minimum atomic E-state index is -1.16. The number of hydrogen-bond acceptors (Lipinski definition) is 3. The van der Waals surface area contributed by atoms with Gasteiger partial charge in [0.1, 0.15) is 0 Å². The van der Waals surface area contributed by atoms with Crippen molar-refractivity contribution in [2.45, 2.75) is 26.3 Å². The number of methoxy groups -OCH3 is 1. The minimum absolute atomic E-state index is 0.0202. The maximum Gasteiger partial charge on any atom is 0.336 e. The molecule has 112 valence electrons. The lowest BCUT2D eigenvalue weighted by atomic mass is 10.1. The first-order valence-electron chi connectivity index (χ1n) is 6.40. The van der Waals surface area contributed by atoms with Gasteiger partial charge in [-0.15, -0.1) is 0 Å². The first kappa shape index (κ1) is 16.9. The van der Waals surface area contributed by atoms with Crippen LogP contribution in [-0.2, 0) is 4.74 Å². The van der Waals surface area contributed by atoms with Gasteiger partial charge < -0.3 is 14.7 Å². The largest absolute Gasteiger partial charge is 0.478 e. The number of ether oxygens (including phenoxy) is 1. The van der Waals surface area contributed by atoms with E-state index in [1.807, 2.05) is 18.7 Å². The van der Waals surface area contributed by atoms with E-state index in [-0.39, 0.29) is 16.1 Å². The Labute approximate surface area is 126 Å². The molecule has 1 aromatic rings. The Bertz CT molecular complexity index is 482. The van der Waals surface area contributed by atoms with Crippen molar-refractivity contribution in [3.8, 4) is 0 Å². The van der Waals surface area contributed by atoms with Gasteiger partial charge in [-0.2, -0.15) is 0 Å². The number of anilines is 1. The molecule has 0 fully saturated rings. The molecule has 0 aliphatic heterocycles. The molecule has 0 spiro atoms. The summed E-state index contributed by atoms with van der Waals surface area (Å²) in [6, 6.07) is 3.04. The molecule has 1 atom stereocenters. The third kappa shape index (κ3) is 3.70. The lowest BCUT2D eigenvalue weighted by molar-refractivity contribution is 0.0695. The van der Waals surface area contributed by atoms with Crippen molar-refractivity contribution >= 4 is 27.6 Å². The van der Waals surface area contributed by atoms with E-state index in [2.05, 4.69) is 15.9 Å². The van der Waals surface area contributed by atoms with Crippen LogP contribution < -0.4 is 4.90 Å². The van der Waals surface area contributed by atoms with Crippen molar-refractivity contribution in [3.63, 3.8) is 0 Å². The lowest BCUT2D eigenvalue weighted by Crippen LogP contribution is -2.36. The Morgan fingerprint density at radius 3 is 2.70 bits per heavy atom. The SMILES string of the molecule is CCC(C)N(CCOC)c1ccc(C(=O)O)c(Br)c1F. The van der Waals surface area contributed by atoms with Crippen molar-refractivity contribution in [3.05, 3.63) is 28.0 Å². The standard InChI is InChI=1S/C14H19BrFNO3/c1-4-9(2)17(7-8-20-3)11-6-5-10(14(18)19)12(15)13(11)16/h5-6,9H,4,7-8H2,1-3H3,(H,18,19). The summed E-state index contributed by atoms with van der Waals surface area (Å²) in [7, 11) is 1.59. The Morgan fingerprint density at radius 1 is 1.55 bits per heavy atom. The quantitative estimate of drug-likeness (QED) is 0.819. The van der Waals surface area contributed by atoms with Crippen molar-refractivity contribution < 1.29 is 19.0 Å². The third-order valence-corrected chi connectivity index (χ3v) is 4.04. The van der Waals surface area contributed by atoms with Gasteiger partial charge in [-0.05, 0) is 41.4 Å². The first-order valence-corrected chi connectivity index (χ1v) is 7.20. The molecule has 1 unspecified atom stereocenters. The van der Waals surface area contributed by atoms with Gasteiger partial charge in [-0.25, -0.2) is 9.18 Å². The fourth-order valence-electron chi connectivity index (χ4n) is 1.91. The first-order chi connectivity index (χ1) is 9.43. The molecular weight excluding hydrogens is 329 g/mol. The summed E-state index contributed by atoms with van der Waals surface area (Å²) >= 11 is 3.03. The molecule has 0 aliphatic rings. The number of hydrogen-bond donors (Lipinski definition) is 1. The van der Waals surface area contributed by atoms with Crippen LogP contribution in [0.15, 0.2) is 16.6 Å². The van der Waals surface area contributed by atoms with Gasteiger partial charge in [0.2, 0.25) is 0 Å². The van der Waals surface area contributed by atoms with Crippen LogP contribution >= 0.6 is 15.9 Å². The van der Waals surface area contributed by atoms with E-state index < -0.39 is 11.8 Å². The number of rotatable bonds is 7. The average Bonchev–Trinajstić information content (AvgIpc) is 2.42. The predicted octanol–water partition coefficient (Wildman–Crippen LogP) is 3.54. The van der Waals surface area contributed by atoms with Crippen LogP contribution in [0, 0.1) is 5.82 Å². The minimum Gasteiger partial charge on any atom is -0.478 e. The second-order valence-corrected chi connectivity index (χ2v) is 5.30. The number of halogens is 2. The van der Waals surface area contributed by atoms with Crippen LogP contribution in [0.2, 0.25) is 0 Å². The Kier molecular flexibility index (Phi) is 6.42. The van der Waals surface area contributed by atoms with Gasteiger partial charge in [0, 0.05) is 19.7 Å². The molecule has 0 saturated carbocycles. The summed E-state index contributed by atoms with van der Waals surface area (Å²) in [5.41, 5.74) is 0.301. The molecule has 0 aliphatic carbocycles. The average molecular weight is 348 g/mol. The fourth-order valence-corrected chi connectivity index (χ4v) is 2.42. The molecule has 1 aromatic carbocycles. The van der Waals surface area contributed by atoms with Gasteiger partial charge in [0.25, 0.3) is 0 Å². The molecule has 0 amide bonds.